The van der Waals surface area contributed by atoms with Crippen molar-refractivity contribution in [3.8, 4) is 0 Å². The fourth-order valence-corrected chi connectivity index (χ4v) is 1.04. The summed E-state index contributed by atoms with van der Waals surface area (Å²) in [7, 11) is 0. The van der Waals surface area contributed by atoms with E-state index in [1.54, 1.807) is 0 Å². The number of anilines is 1. The molecule has 1 rings (SSSR count). The number of H-pyrrole nitrogens is 1. The van der Waals surface area contributed by atoms with Crippen LogP contribution in [0.5, 0.6) is 0 Å². The summed E-state index contributed by atoms with van der Waals surface area (Å²) in [6.07, 6.45) is 0.225. The van der Waals surface area contributed by atoms with Crippen LogP contribution in [0.4, 0.5) is 5.95 Å². The Morgan fingerprint density at radius 3 is 2.75 bits per heavy atom. The molecule has 0 bridgehead atoms. The van der Waals surface area contributed by atoms with Crippen LogP contribution in [0.25, 0.3) is 0 Å². The first-order chi connectivity index (χ1) is 7.63. The number of hydrogen-bond donors (Lipinski definition) is 4. The molecule has 0 spiro atoms. The second-order valence-corrected chi connectivity index (χ2v) is 3.00. The molecule has 5 N–H and O–H groups in total. The van der Waals surface area contributed by atoms with Gasteiger partial charge in [0.15, 0.2) is 0 Å². The highest BCUT2D eigenvalue weighted by Gasteiger charge is 2.10. The van der Waals surface area contributed by atoms with Crippen LogP contribution in [0.15, 0.2) is 0 Å². The number of nitrogens with zero attached hydrogens (tertiary/aromatic N) is 2. The molecule has 8 heteroatoms. The van der Waals surface area contributed by atoms with E-state index in [9.17, 15) is 9.59 Å². The molecule has 1 aromatic heterocycles. The summed E-state index contributed by atoms with van der Waals surface area (Å²) in [5, 5.41) is 11.0. The van der Waals surface area contributed by atoms with Gasteiger partial charge in [0.1, 0.15) is 0 Å². The first kappa shape index (κ1) is 12.0. The zero-order chi connectivity index (χ0) is 12.0. The molecule has 2 amide bonds. The maximum absolute atomic E-state index is 11.4. The predicted molar refractivity (Wildman–Crippen MR) is 56.4 cm³/mol. The van der Waals surface area contributed by atoms with E-state index in [4.69, 9.17) is 5.73 Å². The molecule has 0 aliphatic carbocycles. The average Bonchev–Trinajstić information content (AvgIpc) is 2.65. The minimum absolute atomic E-state index is 0.00822. The van der Waals surface area contributed by atoms with Crippen molar-refractivity contribution in [3.05, 3.63) is 5.82 Å². The number of aromatic amines is 1. The average molecular weight is 226 g/mol. The Bertz CT molecular complexity index is 374. The van der Waals surface area contributed by atoms with Crippen molar-refractivity contribution in [1.82, 2.24) is 25.8 Å². The third-order valence-corrected chi connectivity index (χ3v) is 1.73. The van der Waals surface area contributed by atoms with Crippen LogP contribution in [0.2, 0.25) is 0 Å². The summed E-state index contributed by atoms with van der Waals surface area (Å²) < 4.78 is 0. The van der Waals surface area contributed by atoms with Crippen LogP contribution in [0.1, 0.15) is 24.0 Å². The predicted octanol–water partition coefficient (Wildman–Crippen LogP) is -1.36. The van der Waals surface area contributed by atoms with Gasteiger partial charge in [-0.2, -0.15) is 4.98 Å². The van der Waals surface area contributed by atoms with E-state index in [0.29, 0.717) is 6.54 Å². The lowest BCUT2D eigenvalue weighted by Crippen LogP contribution is -2.31. The van der Waals surface area contributed by atoms with Crippen LogP contribution < -0.4 is 16.4 Å². The largest absolute Gasteiger partial charge is 0.366 e. The lowest BCUT2D eigenvalue weighted by Gasteiger charge is -2.02. The second-order valence-electron chi connectivity index (χ2n) is 3.00. The fourth-order valence-electron chi connectivity index (χ4n) is 1.04. The van der Waals surface area contributed by atoms with Crippen molar-refractivity contribution < 1.29 is 9.59 Å². The Morgan fingerprint density at radius 2 is 2.19 bits per heavy atom. The minimum Gasteiger partial charge on any atom is -0.366 e. The molecule has 16 heavy (non-hydrogen) atoms. The van der Waals surface area contributed by atoms with Crippen molar-refractivity contribution in [2.45, 2.75) is 13.3 Å². The molecule has 0 radical (unpaired) electrons. The van der Waals surface area contributed by atoms with E-state index in [0.717, 1.165) is 0 Å². The topological polar surface area (TPSA) is 126 Å². The SMILES string of the molecule is CCNC(=O)CCNC(=O)c1nc(N)n[nH]1. The van der Waals surface area contributed by atoms with Crippen LogP contribution in [0, 0.1) is 0 Å². The quantitative estimate of drug-likeness (QED) is 0.493. The Hall–Kier alpha value is -2.12. The summed E-state index contributed by atoms with van der Waals surface area (Å²) in [6.45, 7) is 2.64. The number of amides is 2. The molecule has 1 aromatic rings. The maximum atomic E-state index is 11.4. The van der Waals surface area contributed by atoms with E-state index in [1.807, 2.05) is 6.92 Å². The van der Waals surface area contributed by atoms with E-state index in [2.05, 4.69) is 25.8 Å². The standard InChI is InChI=1S/C8H14N6O2/c1-2-10-5(15)3-4-11-7(16)6-12-8(9)14-13-6/h2-4H2,1H3,(H,10,15)(H,11,16)(H3,9,12,13,14). The number of carbonyl (C=O) groups excluding carboxylic acids is 2. The molecule has 8 nitrogen and oxygen atoms in total. The lowest BCUT2D eigenvalue weighted by molar-refractivity contribution is -0.120. The number of nitrogens with two attached hydrogens (primary N) is 1. The van der Waals surface area contributed by atoms with Gasteiger partial charge in [0.05, 0.1) is 0 Å². The molecule has 0 atom stereocenters. The third-order valence-electron chi connectivity index (χ3n) is 1.73. The highest BCUT2D eigenvalue weighted by atomic mass is 16.2. The van der Waals surface area contributed by atoms with E-state index < -0.39 is 5.91 Å². The van der Waals surface area contributed by atoms with Gasteiger partial charge in [-0.05, 0) is 6.92 Å². The molecule has 0 unspecified atom stereocenters. The van der Waals surface area contributed by atoms with Gasteiger partial charge in [-0.15, -0.1) is 5.10 Å². The first-order valence-electron chi connectivity index (χ1n) is 4.86. The number of nitrogens with one attached hydrogen (secondary N) is 3. The van der Waals surface area contributed by atoms with Gasteiger partial charge < -0.3 is 16.4 Å². The molecule has 0 aliphatic rings. The van der Waals surface area contributed by atoms with Crippen LogP contribution in [0.3, 0.4) is 0 Å². The second kappa shape index (κ2) is 5.69. The monoisotopic (exact) mass is 226 g/mol. The number of carbonyl (C=O) groups is 2. The molecular formula is C8H14N6O2. The Morgan fingerprint density at radius 1 is 1.44 bits per heavy atom. The number of aromatic nitrogens is 3. The van der Waals surface area contributed by atoms with Gasteiger partial charge in [0.2, 0.25) is 17.7 Å². The number of nitrogen functional groups attached to an aromatic ring is 1. The highest BCUT2D eigenvalue weighted by molar-refractivity contribution is 5.90. The molecule has 1 heterocycles. The molecular weight excluding hydrogens is 212 g/mol. The molecule has 0 fully saturated rings. The maximum Gasteiger partial charge on any atom is 0.288 e. The summed E-state index contributed by atoms with van der Waals surface area (Å²) in [6, 6.07) is 0. The highest BCUT2D eigenvalue weighted by Crippen LogP contribution is 1.92. The van der Waals surface area contributed by atoms with Gasteiger partial charge >= 0.3 is 0 Å². The van der Waals surface area contributed by atoms with Crippen LogP contribution in [-0.4, -0.2) is 40.1 Å². The van der Waals surface area contributed by atoms with E-state index in [1.165, 1.54) is 0 Å². The molecule has 0 aliphatic heterocycles. The fraction of sp³-hybridized carbons (Fsp3) is 0.500. The van der Waals surface area contributed by atoms with Crippen molar-refractivity contribution in [2.75, 3.05) is 18.8 Å². The van der Waals surface area contributed by atoms with Gasteiger partial charge in [0, 0.05) is 19.5 Å². The summed E-state index contributed by atoms with van der Waals surface area (Å²) in [5.74, 6) is -0.504. The van der Waals surface area contributed by atoms with Crippen molar-refractivity contribution in [1.29, 1.82) is 0 Å². The van der Waals surface area contributed by atoms with Crippen LogP contribution in [-0.2, 0) is 4.79 Å². The summed E-state index contributed by atoms with van der Waals surface area (Å²) in [4.78, 5) is 26.1. The Labute approximate surface area is 92.0 Å². The van der Waals surface area contributed by atoms with E-state index >= 15 is 0 Å². The van der Waals surface area contributed by atoms with Gasteiger partial charge in [-0.1, -0.05) is 0 Å². The first-order valence-corrected chi connectivity index (χ1v) is 4.86. The third kappa shape index (κ3) is 3.56. The summed E-state index contributed by atoms with van der Waals surface area (Å²) in [5.41, 5.74) is 5.24. The normalized spacial score (nSPS) is 9.81. The van der Waals surface area contributed by atoms with Crippen molar-refractivity contribution in [2.24, 2.45) is 0 Å². The Kier molecular flexibility index (Phi) is 4.25. The minimum atomic E-state index is -0.437. The molecule has 0 saturated heterocycles. The zero-order valence-electron chi connectivity index (χ0n) is 8.91. The number of rotatable bonds is 5. The van der Waals surface area contributed by atoms with Crippen molar-refractivity contribution >= 4 is 17.8 Å². The zero-order valence-corrected chi connectivity index (χ0v) is 8.91. The van der Waals surface area contributed by atoms with Gasteiger partial charge in [-0.3, -0.25) is 14.7 Å². The van der Waals surface area contributed by atoms with Crippen molar-refractivity contribution in [3.63, 3.8) is 0 Å². The molecule has 88 valence electrons. The smallest absolute Gasteiger partial charge is 0.288 e. The Balaban J connectivity index is 2.28. The van der Waals surface area contributed by atoms with Gasteiger partial charge in [0.25, 0.3) is 5.91 Å². The summed E-state index contributed by atoms with van der Waals surface area (Å²) >= 11 is 0. The molecule has 0 aromatic carbocycles. The number of hydrogen-bond acceptors (Lipinski definition) is 5. The van der Waals surface area contributed by atoms with E-state index in [-0.39, 0.29) is 30.6 Å². The van der Waals surface area contributed by atoms with Gasteiger partial charge in [-0.25, -0.2) is 0 Å². The van der Waals surface area contributed by atoms with Crippen LogP contribution >= 0.6 is 0 Å². The molecule has 0 saturated carbocycles. The lowest BCUT2D eigenvalue weighted by atomic mass is 10.4.